The third-order valence-electron chi connectivity index (χ3n) is 0.103. The zero-order valence-electron chi connectivity index (χ0n) is 2.55. The Kier molecular flexibility index (Phi) is 4.01. The van der Waals surface area contributed by atoms with Gasteiger partial charge in [0.1, 0.15) is 0 Å². The molecule has 0 amide bonds. The summed E-state index contributed by atoms with van der Waals surface area (Å²) in [5.41, 5.74) is 0. The molecule has 5 heteroatoms. The second-order valence-corrected chi connectivity index (χ2v) is 1.59. The van der Waals surface area contributed by atoms with Crippen LogP contribution in [0.4, 0.5) is 4.79 Å². The van der Waals surface area contributed by atoms with Crippen molar-refractivity contribution in [3.8, 4) is 0 Å². The van der Waals surface area contributed by atoms with Crippen LogP contribution in [-0.4, -0.2) is 8.53 Å². The van der Waals surface area contributed by atoms with Gasteiger partial charge in [-0.3, -0.25) is 4.55 Å². The number of hydrogen-bond acceptors (Lipinski definition) is 4. The molecule has 0 rings (SSSR count). The summed E-state index contributed by atoms with van der Waals surface area (Å²) in [4.78, 5) is 9.63. The maximum atomic E-state index is 9.63. The maximum absolute atomic E-state index is 9.63. The first-order valence-electron chi connectivity index (χ1n) is 0.946. The van der Waals surface area contributed by atoms with E-state index in [9.17, 15) is 4.79 Å². The van der Waals surface area contributed by atoms with E-state index in [1.165, 1.54) is 22.6 Å². The van der Waals surface area contributed by atoms with Crippen LogP contribution in [0.2, 0.25) is 0 Å². The molecule has 36 valence electrons. The van der Waals surface area contributed by atoms with Gasteiger partial charge in [-0.15, -0.1) is 0 Å². The summed E-state index contributed by atoms with van der Waals surface area (Å²) in [5.74, 6) is 0. The quantitative estimate of drug-likeness (QED) is 0.414. The van der Waals surface area contributed by atoms with Gasteiger partial charge < -0.3 is 4.18 Å². The van der Waals surface area contributed by atoms with Gasteiger partial charge in [-0.2, -0.15) is 0 Å². The van der Waals surface area contributed by atoms with E-state index < -0.39 is 3.98 Å². The highest BCUT2D eigenvalue weighted by atomic mass is 127. The minimum Gasteiger partial charge on any atom is -0.356 e. The van der Waals surface area contributed by atoms with Crippen molar-refractivity contribution in [3.63, 3.8) is 0 Å². The van der Waals surface area contributed by atoms with E-state index in [4.69, 9.17) is 4.55 Å². The van der Waals surface area contributed by atoms with Gasteiger partial charge in [0.05, 0.1) is 22.6 Å². The van der Waals surface area contributed by atoms with Gasteiger partial charge in [-0.1, -0.05) is 0 Å². The van der Waals surface area contributed by atoms with E-state index in [-0.39, 0.29) is 12.3 Å². The van der Waals surface area contributed by atoms with Crippen LogP contribution >= 0.6 is 34.9 Å². The summed E-state index contributed by atoms with van der Waals surface area (Å²) in [6, 6.07) is 0. The molecule has 0 fully saturated rings. The molecule has 1 N–H and O–H groups in total. The normalized spacial score (nSPS) is 7.67. The Balaban J connectivity index is 2.83. The molecule has 0 saturated carbocycles. The summed E-state index contributed by atoms with van der Waals surface area (Å²) >= 11 is 1.45. The number of carbonyl (C=O) groups excluding carboxylic acids is 1. The molecule has 0 aromatic heterocycles. The molecule has 0 aromatic carbocycles. The summed E-state index contributed by atoms with van der Waals surface area (Å²) in [6.07, 6.45) is 0. The molecule has 0 aliphatic carbocycles. The van der Waals surface area contributed by atoms with Crippen molar-refractivity contribution in [3.05, 3.63) is 0 Å². The number of carbonyl (C=O) groups is 1. The third kappa shape index (κ3) is 4.51. The zero-order valence-corrected chi connectivity index (χ0v) is 5.52. The Morgan fingerprint density at radius 3 is 2.50 bits per heavy atom. The predicted octanol–water partition coefficient (Wildman–Crippen LogP) is 1.68. The molecule has 0 atom stereocenters. The van der Waals surface area contributed by atoms with Crippen LogP contribution in [0.15, 0.2) is 0 Å². The van der Waals surface area contributed by atoms with E-state index in [2.05, 4.69) is 4.18 Å². The highest BCUT2D eigenvalue weighted by molar-refractivity contribution is 14.1. The molecule has 0 spiro atoms. The average Bonchev–Trinajstić information content (AvgIpc) is 1.35. The summed E-state index contributed by atoms with van der Waals surface area (Å²) < 4.78 is 11.0. The molecule has 6 heavy (non-hydrogen) atoms. The van der Waals surface area contributed by atoms with E-state index in [0.29, 0.717) is 0 Å². The van der Waals surface area contributed by atoms with E-state index in [1.54, 1.807) is 0 Å². The standard InChI is InChI=1S/CHIO3S/c2-1(3)5-6-4/h4H. The lowest BCUT2D eigenvalue weighted by atomic mass is 11.7. The van der Waals surface area contributed by atoms with Crippen molar-refractivity contribution in [1.82, 2.24) is 0 Å². The lowest BCUT2D eigenvalue weighted by Crippen LogP contribution is -1.77. The second kappa shape index (κ2) is 3.69. The monoisotopic (exact) mass is 220 g/mol. The van der Waals surface area contributed by atoms with Crippen molar-refractivity contribution in [2.75, 3.05) is 0 Å². The van der Waals surface area contributed by atoms with Crippen molar-refractivity contribution in [2.45, 2.75) is 0 Å². The Bertz CT molecular complexity index is 54.8. The molecule has 0 saturated heterocycles. The van der Waals surface area contributed by atoms with Crippen LogP contribution in [0, 0.1) is 0 Å². The van der Waals surface area contributed by atoms with Gasteiger partial charge in [-0.25, -0.2) is 4.79 Å². The fraction of sp³-hybridized carbons (Fsp3) is 0. The van der Waals surface area contributed by atoms with Crippen LogP contribution in [-0.2, 0) is 4.18 Å². The fourth-order valence-electron chi connectivity index (χ4n) is 0.0293. The topological polar surface area (TPSA) is 46.5 Å². The van der Waals surface area contributed by atoms with Crippen LogP contribution in [0.25, 0.3) is 0 Å². The lowest BCUT2D eigenvalue weighted by Gasteiger charge is -1.82. The van der Waals surface area contributed by atoms with Crippen molar-refractivity contribution >= 4 is 38.9 Å². The lowest BCUT2D eigenvalue weighted by molar-refractivity contribution is 0.234. The first-order valence-corrected chi connectivity index (χ1v) is 2.72. The molecule has 0 aromatic rings. The Morgan fingerprint density at radius 1 is 2.00 bits per heavy atom. The highest BCUT2D eigenvalue weighted by Gasteiger charge is 1.88. The summed E-state index contributed by atoms with van der Waals surface area (Å²) in [5, 5.41) is 0. The Hall–Kier alpha value is 0.510. The van der Waals surface area contributed by atoms with Crippen LogP contribution in [0.5, 0.6) is 0 Å². The Morgan fingerprint density at radius 2 is 2.50 bits per heavy atom. The number of rotatable bonds is 1. The maximum Gasteiger partial charge on any atom is 0.380 e. The second-order valence-electron chi connectivity index (χ2n) is 0.396. The minimum absolute atomic E-state index is 0.0527. The van der Waals surface area contributed by atoms with E-state index in [1.807, 2.05) is 0 Å². The molecular weight excluding hydrogens is 219 g/mol. The molecule has 0 heterocycles. The predicted molar refractivity (Wildman–Crippen MR) is 30.7 cm³/mol. The molecule has 0 bridgehead atoms. The first-order chi connectivity index (χ1) is 2.77. The van der Waals surface area contributed by atoms with Crippen molar-refractivity contribution in [2.24, 2.45) is 0 Å². The summed E-state index contributed by atoms with van der Waals surface area (Å²) in [7, 11) is 0. The number of hydrogen-bond donors (Lipinski definition) is 1. The molecule has 0 aliphatic rings. The zero-order chi connectivity index (χ0) is 4.99. The van der Waals surface area contributed by atoms with Gasteiger partial charge in [0.15, 0.2) is 0 Å². The van der Waals surface area contributed by atoms with Crippen LogP contribution in [0.1, 0.15) is 0 Å². The molecular formula is CHIO3S. The van der Waals surface area contributed by atoms with Crippen molar-refractivity contribution in [1.29, 1.82) is 0 Å². The average molecular weight is 220 g/mol. The van der Waals surface area contributed by atoms with Gasteiger partial charge in [0.2, 0.25) is 12.3 Å². The van der Waals surface area contributed by atoms with Crippen LogP contribution < -0.4 is 0 Å². The van der Waals surface area contributed by atoms with Gasteiger partial charge in [0.25, 0.3) is 0 Å². The van der Waals surface area contributed by atoms with Gasteiger partial charge in [0, 0.05) is 0 Å². The van der Waals surface area contributed by atoms with E-state index >= 15 is 0 Å². The smallest absolute Gasteiger partial charge is 0.356 e. The minimum atomic E-state index is -0.528. The third-order valence-corrected chi connectivity index (χ3v) is 0.848. The molecule has 0 aliphatic heterocycles. The molecule has 3 nitrogen and oxygen atoms in total. The SMILES string of the molecule is O=C(I)OSO. The Labute approximate surface area is 52.6 Å². The first kappa shape index (κ1) is 6.51. The van der Waals surface area contributed by atoms with Crippen molar-refractivity contribution < 1.29 is 13.5 Å². The van der Waals surface area contributed by atoms with Gasteiger partial charge >= 0.3 is 3.98 Å². The fourth-order valence-corrected chi connectivity index (χ4v) is 0.329. The largest absolute Gasteiger partial charge is 0.380 e. The molecule has 0 radical (unpaired) electrons. The highest BCUT2D eigenvalue weighted by Crippen LogP contribution is 2.00. The van der Waals surface area contributed by atoms with Crippen LogP contribution in [0.3, 0.4) is 0 Å². The van der Waals surface area contributed by atoms with E-state index in [0.717, 1.165) is 0 Å². The number of halogens is 1. The summed E-state index contributed by atoms with van der Waals surface area (Å²) in [6.45, 7) is 0. The molecule has 0 unspecified atom stereocenters. The van der Waals surface area contributed by atoms with Gasteiger partial charge in [-0.05, 0) is 0 Å².